The van der Waals surface area contributed by atoms with Gasteiger partial charge in [-0.25, -0.2) is 18.6 Å². The molecule has 0 aliphatic heterocycles. The van der Waals surface area contributed by atoms with E-state index in [0.29, 0.717) is 0 Å². The van der Waals surface area contributed by atoms with E-state index in [1.165, 1.54) is 0 Å². The predicted molar refractivity (Wildman–Crippen MR) is 53.5 cm³/mol. The highest BCUT2D eigenvalue weighted by molar-refractivity contribution is 9.08. The van der Waals surface area contributed by atoms with E-state index in [-0.39, 0.29) is 16.6 Å². The molecule has 1 heterocycles. The van der Waals surface area contributed by atoms with Gasteiger partial charge in [0.15, 0.2) is 0 Å². The number of nitrogens with zero attached hydrogens (tertiary/aromatic N) is 2. The van der Waals surface area contributed by atoms with Crippen LogP contribution in [0.15, 0.2) is 6.20 Å². The second kappa shape index (κ2) is 4.99. The zero-order valence-corrected chi connectivity index (χ0v) is 9.33. The third-order valence-corrected chi connectivity index (χ3v) is 2.47. The fourth-order valence-electron chi connectivity index (χ4n) is 1.22. The van der Waals surface area contributed by atoms with Gasteiger partial charge in [0.1, 0.15) is 11.8 Å². The summed E-state index contributed by atoms with van der Waals surface area (Å²) in [7, 11) is 0. The van der Waals surface area contributed by atoms with E-state index < -0.39 is 23.5 Å². The Morgan fingerprint density at radius 3 is 2.69 bits per heavy atom. The lowest BCUT2D eigenvalue weighted by Gasteiger charge is -2.10. The Morgan fingerprint density at radius 2 is 2.31 bits per heavy atom. The quantitative estimate of drug-likeness (QED) is 0.868. The summed E-state index contributed by atoms with van der Waals surface area (Å²) < 4.78 is 25.5. The maximum atomic E-state index is 12.7. The fourth-order valence-corrected chi connectivity index (χ4v) is 1.79. The summed E-state index contributed by atoms with van der Waals surface area (Å²) in [5.41, 5.74) is -1.52. The second-order valence-corrected chi connectivity index (χ2v) is 3.32. The standard InChI is InChI=1S/C9H5BrF2N2O2/c10-1-4-6(2-13)14-3-5(9(15)16)7(4)8(11)12/h3,8H,1H2,(H,15,16). The van der Waals surface area contributed by atoms with Crippen molar-refractivity contribution in [3.8, 4) is 6.07 Å². The number of pyridine rings is 1. The molecule has 1 rings (SSSR count). The van der Waals surface area contributed by atoms with Gasteiger partial charge < -0.3 is 5.11 Å². The van der Waals surface area contributed by atoms with Crippen LogP contribution in [0.3, 0.4) is 0 Å². The van der Waals surface area contributed by atoms with Gasteiger partial charge in [0.05, 0.1) is 5.56 Å². The number of aromatic carboxylic acids is 1. The average Bonchev–Trinajstić information content (AvgIpc) is 2.26. The lowest BCUT2D eigenvalue weighted by molar-refractivity contribution is 0.0683. The van der Waals surface area contributed by atoms with Crippen LogP contribution in [0.5, 0.6) is 0 Å². The maximum Gasteiger partial charge on any atom is 0.337 e. The molecule has 4 nitrogen and oxygen atoms in total. The van der Waals surface area contributed by atoms with E-state index in [4.69, 9.17) is 10.4 Å². The number of rotatable bonds is 3. The molecule has 0 aliphatic carbocycles. The molecule has 16 heavy (non-hydrogen) atoms. The van der Waals surface area contributed by atoms with Crippen molar-refractivity contribution in [1.29, 1.82) is 5.26 Å². The zero-order valence-electron chi connectivity index (χ0n) is 7.75. The summed E-state index contributed by atoms with van der Waals surface area (Å²) >= 11 is 2.93. The summed E-state index contributed by atoms with van der Waals surface area (Å²) in [6.07, 6.45) is -2.19. The minimum atomic E-state index is -2.96. The number of carbonyl (C=O) groups is 1. The molecule has 84 valence electrons. The first-order valence-electron chi connectivity index (χ1n) is 4.02. The van der Waals surface area contributed by atoms with Crippen LogP contribution in [0.25, 0.3) is 0 Å². The molecule has 0 spiro atoms. The van der Waals surface area contributed by atoms with E-state index in [9.17, 15) is 13.6 Å². The van der Waals surface area contributed by atoms with Crippen molar-refractivity contribution in [3.05, 3.63) is 28.6 Å². The third-order valence-electron chi connectivity index (χ3n) is 1.91. The van der Waals surface area contributed by atoms with Crippen molar-refractivity contribution < 1.29 is 18.7 Å². The minimum absolute atomic E-state index is 0.0519. The predicted octanol–water partition coefficient (Wildman–Crippen LogP) is 2.48. The molecule has 0 unspecified atom stereocenters. The van der Waals surface area contributed by atoms with Gasteiger partial charge in [-0.2, -0.15) is 5.26 Å². The summed E-state index contributed by atoms with van der Waals surface area (Å²) in [4.78, 5) is 14.2. The van der Waals surface area contributed by atoms with E-state index >= 15 is 0 Å². The van der Waals surface area contributed by atoms with Crippen LogP contribution in [0, 0.1) is 11.3 Å². The lowest BCUT2D eigenvalue weighted by Crippen LogP contribution is -2.09. The molecule has 0 fully saturated rings. The maximum absolute atomic E-state index is 12.7. The van der Waals surface area contributed by atoms with Gasteiger partial charge in [-0.1, -0.05) is 15.9 Å². The largest absolute Gasteiger partial charge is 0.478 e. The first-order chi connectivity index (χ1) is 7.52. The Labute approximate surface area is 97.7 Å². The average molecular weight is 291 g/mol. The molecule has 1 aromatic heterocycles. The van der Waals surface area contributed by atoms with Crippen molar-refractivity contribution >= 4 is 21.9 Å². The topological polar surface area (TPSA) is 74.0 Å². The molecule has 0 aromatic carbocycles. The molecular formula is C9H5BrF2N2O2. The summed E-state index contributed by atoms with van der Waals surface area (Å²) in [6, 6.07) is 1.64. The number of alkyl halides is 3. The first-order valence-corrected chi connectivity index (χ1v) is 5.14. The van der Waals surface area contributed by atoms with Gasteiger partial charge in [-0.05, 0) is 0 Å². The number of aromatic nitrogens is 1. The van der Waals surface area contributed by atoms with Crippen LogP contribution >= 0.6 is 15.9 Å². The monoisotopic (exact) mass is 290 g/mol. The smallest absolute Gasteiger partial charge is 0.337 e. The van der Waals surface area contributed by atoms with Crippen molar-refractivity contribution in [3.63, 3.8) is 0 Å². The number of carboxylic acids is 1. The molecule has 1 N–H and O–H groups in total. The highest BCUT2D eigenvalue weighted by Gasteiger charge is 2.24. The van der Waals surface area contributed by atoms with E-state index in [0.717, 1.165) is 6.20 Å². The molecule has 0 saturated carbocycles. The van der Waals surface area contributed by atoms with Gasteiger partial charge >= 0.3 is 5.97 Å². The highest BCUT2D eigenvalue weighted by Crippen LogP contribution is 2.29. The van der Waals surface area contributed by atoms with Gasteiger partial charge in [0.25, 0.3) is 6.43 Å². The minimum Gasteiger partial charge on any atom is -0.478 e. The number of hydrogen-bond acceptors (Lipinski definition) is 3. The van der Waals surface area contributed by atoms with Crippen molar-refractivity contribution in [2.24, 2.45) is 0 Å². The molecular weight excluding hydrogens is 286 g/mol. The van der Waals surface area contributed by atoms with E-state index in [1.54, 1.807) is 6.07 Å². The Hall–Kier alpha value is -1.55. The van der Waals surface area contributed by atoms with Crippen LogP contribution < -0.4 is 0 Å². The third kappa shape index (κ3) is 2.17. The number of nitriles is 1. The summed E-state index contributed by atoms with van der Waals surface area (Å²) in [6.45, 7) is 0. The van der Waals surface area contributed by atoms with Crippen LogP contribution in [-0.4, -0.2) is 16.1 Å². The zero-order chi connectivity index (χ0) is 12.3. The normalized spacial score (nSPS) is 10.2. The molecule has 0 amide bonds. The van der Waals surface area contributed by atoms with Gasteiger partial charge in [0.2, 0.25) is 0 Å². The molecule has 0 radical (unpaired) electrons. The summed E-state index contributed by atoms with van der Waals surface area (Å²) in [5.74, 6) is -1.49. The molecule has 0 aliphatic rings. The number of carboxylic acid groups (broad SMARTS) is 1. The van der Waals surface area contributed by atoms with Crippen molar-refractivity contribution in [2.45, 2.75) is 11.8 Å². The Morgan fingerprint density at radius 1 is 1.69 bits per heavy atom. The molecule has 7 heteroatoms. The van der Waals surface area contributed by atoms with E-state index in [1.807, 2.05) is 0 Å². The number of hydrogen-bond donors (Lipinski definition) is 1. The molecule has 0 atom stereocenters. The van der Waals surface area contributed by atoms with Gasteiger partial charge in [-0.3, -0.25) is 0 Å². The SMILES string of the molecule is N#Cc1ncc(C(=O)O)c(C(F)F)c1CBr. The Kier molecular flexibility index (Phi) is 3.90. The second-order valence-electron chi connectivity index (χ2n) is 2.76. The Bertz CT molecular complexity index is 471. The molecule has 0 saturated heterocycles. The van der Waals surface area contributed by atoms with Crippen LogP contribution in [0.4, 0.5) is 8.78 Å². The highest BCUT2D eigenvalue weighted by atomic mass is 79.9. The van der Waals surface area contributed by atoms with Gasteiger partial charge in [0, 0.05) is 22.7 Å². The fraction of sp³-hybridized carbons (Fsp3) is 0.222. The Balaban J connectivity index is 3.58. The van der Waals surface area contributed by atoms with Crippen LogP contribution in [0.1, 0.15) is 33.6 Å². The van der Waals surface area contributed by atoms with Crippen LogP contribution in [0.2, 0.25) is 0 Å². The number of halogens is 3. The van der Waals surface area contributed by atoms with Crippen molar-refractivity contribution in [1.82, 2.24) is 4.98 Å². The molecule has 0 bridgehead atoms. The molecule has 1 aromatic rings. The lowest BCUT2D eigenvalue weighted by atomic mass is 10.0. The van der Waals surface area contributed by atoms with Crippen LogP contribution in [-0.2, 0) is 5.33 Å². The van der Waals surface area contributed by atoms with E-state index in [2.05, 4.69) is 20.9 Å². The van der Waals surface area contributed by atoms with Gasteiger partial charge in [-0.15, -0.1) is 0 Å². The van der Waals surface area contributed by atoms with Crippen molar-refractivity contribution in [2.75, 3.05) is 0 Å². The summed E-state index contributed by atoms with van der Waals surface area (Å²) in [5, 5.41) is 17.3. The first kappa shape index (κ1) is 12.5.